The van der Waals surface area contributed by atoms with E-state index in [1.165, 1.54) is 11.9 Å². The van der Waals surface area contributed by atoms with Crippen molar-refractivity contribution >= 4 is 22.8 Å². The molecular weight excluding hydrogens is 392 g/mol. The lowest BCUT2D eigenvalue weighted by Crippen LogP contribution is -2.44. The van der Waals surface area contributed by atoms with Gasteiger partial charge in [0.25, 0.3) is 11.8 Å². The topological polar surface area (TPSA) is 98.3 Å². The van der Waals surface area contributed by atoms with E-state index in [0.29, 0.717) is 27.7 Å². The maximum absolute atomic E-state index is 13.3. The number of amides is 2. The average Bonchev–Trinajstić information content (AvgIpc) is 3.33. The number of carbonyl (C=O) groups is 2. The van der Waals surface area contributed by atoms with Crippen LogP contribution in [0.1, 0.15) is 37.7 Å². The molecule has 4 aromatic rings. The molecule has 31 heavy (non-hydrogen) atoms. The van der Waals surface area contributed by atoms with Crippen molar-refractivity contribution in [3.63, 3.8) is 0 Å². The van der Waals surface area contributed by atoms with Crippen molar-refractivity contribution in [2.45, 2.75) is 12.3 Å². The summed E-state index contributed by atoms with van der Waals surface area (Å²) in [7, 11) is 1.53. The Morgan fingerprint density at radius 2 is 1.84 bits per heavy atom. The Balaban J connectivity index is 1.66. The number of nitrogens with zero attached hydrogens (tertiary/aromatic N) is 2. The first-order valence-electron chi connectivity index (χ1n) is 9.92. The zero-order valence-electron chi connectivity index (χ0n) is 16.8. The fourth-order valence-corrected chi connectivity index (χ4v) is 4.13. The quantitative estimate of drug-likeness (QED) is 0.480. The number of nitrogens with one attached hydrogen (secondary N) is 2. The minimum absolute atomic E-state index is 0.186. The Morgan fingerprint density at radius 3 is 2.61 bits per heavy atom. The van der Waals surface area contributed by atoms with Crippen molar-refractivity contribution in [2.75, 3.05) is 7.05 Å². The van der Waals surface area contributed by atoms with Crippen molar-refractivity contribution in [3.8, 4) is 0 Å². The van der Waals surface area contributed by atoms with E-state index < -0.39 is 5.72 Å². The van der Waals surface area contributed by atoms with Crippen LogP contribution in [0.15, 0.2) is 72.8 Å². The van der Waals surface area contributed by atoms with E-state index in [2.05, 4.69) is 15.3 Å². The molecule has 5 rings (SSSR count). The molecule has 1 aliphatic heterocycles. The summed E-state index contributed by atoms with van der Waals surface area (Å²) >= 11 is 0. The third-order valence-electron chi connectivity index (χ3n) is 5.68. The number of hydrogen-bond donors (Lipinski definition) is 3. The minimum atomic E-state index is -1.66. The highest BCUT2D eigenvalue weighted by Gasteiger charge is 2.49. The molecule has 0 fully saturated rings. The molecule has 7 heteroatoms. The Labute approximate surface area is 178 Å². The van der Waals surface area contributed by atoms with Crippen molar-refractivity contribution < 1.29 is 14.7 Å². The van der Waals surface area contributed by atoms with Crippen LogP contribution in [0, 0.1) is 0 Å². The van der Waals surface area contributed by atoms with Crippen LogP contribution < -0.4 is 5.32 Å². The molecule has 1 aromatic heterocycles. The standard InChI is InChI=1S/C24H20N4O3/c1-25-22(29)21-26-19-12-11-16(13-20(19)27-21)24(31)18-10-6-5-9-17(18)23(30)28(24)14-15-7-3-2-4-8-15/h2-13,31H,14H2,1H3,(H,25,29)(H,26,27). The van der Waals surface area contributed by atoms with Gasteiger partial charge in [-0.05, 0) is 23.8 Å². The SMILES string of the molecule is CNC(=O)c1nc2ccc(C3(O)c4ccccc4C(=O)N3Cc3ccccc3)cc2[nH]1. The summed E-state index contributed by atoms with van der Waals surface area (Å²) in [6.07, 6.45) is 0. The first kappa shape index (κ1) is 19.0. The van der Waals surface area contributed by atoms with Gasteiger partial charge in [0.05, 0.1) is 11.0 Å². The summed E-state index contributed by atoms with van der Waals surface area (Å²) in [5, 5.41) is 14.6. The summed E-state index contributed by atoms with van der Waals surface area (Å²) in [4.78, 5) is 34.0. The van der Waals surface area contributed by atoms with Crippen LogP contribution in [0.25, 0.3) is 11.0 Å². The molecular formula is C24H20N4O3. The molecule has 1 aliphatic rings. The summed E-state index contributed by atoms with van der Waals surface area (Å²) in [5.74, 6) is -0.382. The smallest absolute Gasteiger partial charge is 0.286 e. The maximum atomic E-state index is 13.3. The predicted octanol–water partition coefficient (Wildman–Crippen LogP) is 2.77. The van der Waals surface area contributed by atoms with Crippen LogP contribution in [-0.4, -0.2) is 38.8 Å². The van der Waals surface area contributed by atoms with Gasteiger partial charge >= 0.3 is 0 Å². The van der Waals surface area contributed by atoms with Gasteiger partial charge in [0, 0.05) is 30.3 Å². The molecule has 2 heterocycles. The Bertz CT molecular complexity index is 1310. The molecule has 3 aromatic carbocycles. The summed E-state index contributed by atoms with van der Waals surface area (Å²) in [6.45, 7) is 0.245. The molecule has 0 aliphatic carbocycles. The first-order chi connectivity index (χ1) is 15.0. The fraction of sp³-hybridized carbons (Fsp3) is 0.125. The largest absolute Gasteiger partial charge is 0.363 e. The van der Waals surface area contributed by atoms with Gasteiger partial charge in [0.15, 0.2) is 11.5 Å². The number of H-pyrrole nitrogens is 1. The van der Waals surface area contributed by atoms with Gasteiger partial charge in [-0.25, -0.2) is 4.98 Å². The summed E-state index contributed by atoms with van der Waals surface area (Å²) in [5.41, 5.74) is 1.96. The van der Waals surface area contributed by atoms with Gasteiger partial charge in [-0.2, -0.15) is 0 Å². The molecule has 0 radical (unpaired) electrons. The summed E-state index contributed by atoms with van der Waals surface area (Å²) < 4.78 is 0. The lowest BCUT2D eigenvalue weighted by atomic mass is 9.93. The van der Waals surface area contributed by atoms with E-state index in [1.807, 2.05) is 36.4 Å². The highest BCUT2D eigenvalue weighted by Crippen LogP contribution is 2.43. The van der Waals surface area contributed by atoms with Gasteiger partial charge < -0.3 is 15.4 Å². The number of aromatic nitrogens is 2. The number of imidazole rings is 1. The van der Waals surface area contributed by atoms with E-state index in [4.69, 9.17) is 0 Å². The molecule has 0 saturated carbocycles. The number of aliphatic hydroxyl groups is 1. The highest BCUT2D eigenvalue weighted by atomic mass is 16.3. The van der Waals surface area contributed by atoms with Crippen LogP contribution in [0.4, 0.5) is 0 Å². The Kier molecular flexibility index (Phi) is 4.34. The molecule has 1 unspecified atom stereocenters. The van der Waals surface area contributed by atoms with Crippen LogP contribution in [0.2, 0.25) is 0 Å². The van der Waals surface area contributed by atoms with Crippen LogP contribution in [0.5, 0.6) is 0 Å². The van der Waals surface area contributed by atoms with Crippen LogP contribution in [0.3, 0.4) is 0 Å². The fourth-order valence-electron chi connectivity index (χ4n) is 4.13. The highest BCUT2D eigenvalue weighted by molar-refractivity contribution is 6.00. The Hall–Kier alpha value is -3.97. The normalized spacial score (nSPS) is 17.7. The monoisotopic (exact) mass is 412 g/mol. The predicted molar refractivity (Wildman–Crippen MR) is 115 cm³/mol. The van der Waals surface area contributed by atoms with E-state index in [1.54, 1.807) is 36.4 Å². The lowest BCUT2D eigenvalue weighted by molar-refractivity contribution is -0.0542. The second-order valence-corrected chi connectivity index (χ2v) is 7.49. The van der Waals surface area contributed by atoms with Gasteiger partial charge in [-0.3, -0.25) is 14.5 Å². The van der Waals surface area contributed by atoms with Gasteiger partial charge in [0.1, 0.15) is 0 Å². The van der Waals surface area contributed by atoms with Crippen LogP contribution >= 0.6 is 0 Å². The third kappa shape index (κ3) is 2.90. The van der Waals surface area contributed by atoms with E-state index >= 15 is 0 Å². The molecule has 3 N–H and O–H groups in total. The molecule has 0 spiro atoms. The molecule has 1 atom stereocenters. The molecule has 154 valence electrons. The van der Waals surface area contributed by atoms with Crippen molar-refractivity contribution in [2.24, 2.45) is 0 Å². The molecule has 0 bridgehead atoms. The number of aromatic amines is 1. The minimum Gasteiger partial charge on any atom is -0.363 e. The lowest BCUT2D eigenvalue weighted by Gasteiger charge is -2.35. The van der Waals surface area contributed by atoms with Gasteiger partial charge in [0.2, 0.25) is 0 Å². The third-order valence-corrected chi connectivity index (χ3v) is 5.68. The van der Waals surface area contributed by atoms with Crippen molar-refractivity contribution in [3.05, 3.63) is 101 Å². The molecule has 7 nitrogen and oxygen atoms in total. The number of hydrogen-bond acceptors (Lipinski definition) is 4. The van der Waals surface area contributed by atoms with Crippen LogP contribution in [-0.2, 0) is 12.3 Å². The summed E-state index contributed by atoms with van der Waals surface area (Å²) in [6, 6.07) is 21.9. The second kappa shape index (κ2) is 7.07. The van der Waals surface area contributed by atoms with E-state index in [-0.39, 0.29) is 24.2 Å². The maximum Gasteiger partial charge on any atom is 0.286 e. The Morgan fingerprint density at radius 1 is 1.10 bits per heavy atom. The molecule has 2 amide bonds. The van der Waals surface area contributed by atoms with Gasteiger partial charge in [-0.15, -0.1) is 0 Å². The second-order valence-electron chi connectivity index (χ2n) is 7.49. The average molecular weight is 412 g/mol. The number of carbonyl (C=O) groups excluding carboxylic acids is 2. The number of benzene rings is 3. The van der Waals surface area contributed by atoms with E-state index in [0.717, 1.165) is 5.56 Å². The van der Waals surface area contributed by atoms with Gasteiger partial charge in [-0.1, -0.05) is 54.6 Å². The number of fused-ring (bicyclic) bond motifs is 2. The molecule has 0 saturated heterocycles. The van der Waals surface area contributed by atoms with E-state index in [9.17, 15) is 14.7 Å². The van der Waals surface area contributed by atoms with Crippen molar-refractivity contribution in [1.82, 2.24) is 20.2 Å². The number of rotatable bonds is 4. The zero-order chi connectivity index (χ0) is 21.6. The van der Waals surface area contributed by atoms with Crippen molar-refractivity contribution in [1.29, 1.82) is 0 Å². The zero-order valence-corrected chi connectivity index (χ0v) is 16.8. The first-order valence-corrected chi connectivity index (χ1v) is 9.92.